The smallest absolute Gasteiger partial charge is 0.0806 e. The van der Waals surface area contributed by atoms with Crippen molar-refractivity contribution in [2.24, 2.45) is 5.92 Å². The molecule has 0 fully saturated rings. The molecule has 1 aliphatic carbocycles. The van der Waals surface area contributed by atoms with Crippen LogP contribution in [-0.2, 0) is 0 Å². The van der Waals surface area contributed by atoms with E-state index >= 15 is 0 Å². The Hall–Kier alpha value is -1.08. The molecule has 0 saturated carbocycles. The lowest BCUT2D eigenvalue weighted by Gasteiger charge is -2.27. The molecule has 0 N–H and O–H groups in total. The summed E-state index contributed by atoms with van der Waals surface area (Å²) in [5, 5.41) is 3.27. The Morgan fingerprint density at radius 2 is 1.71 bits per heavy atom. The van der Waals surface area contributed by atoms with Crippen molar-refractivity contribution in [3.8, 4) is 0 Å². The van der Waals surface area contributed by atoms with Crippen LogP contribution in [0.25, 0.3) is 0 Å². The highest BCUT2D eigenvalue weighted by Gasteiger charge is 2.31. The third-order valence-corrected chi connectivity index (χ3v) is 7.62. The molecule has 90 valence electrons. The lowest BCUT2D eigenvalue weighted by molar-refractivity contribution is 0.789. The summed E-state index contributed by atoms with van der Waals surface area (Å²) in [6.45, 7) is 9.57. The van der Waals surface area contributed by atoms with Crippen LogP contribution >= 0.6 is 0 Å². The van der Waals surface area contributed by atoms with Gasteiger partial charge in [0.05, 0.1) is 0 Å². The third-order valence-electron chi connectivity index (χ3n) is 3.84. The Morgan fingerprint density at radius 3 is 2.29 bits per heavy atom. The van der Waals surface area contributed by atoms with Crippen LogP contribution in [0, 0.1) is 5.92 Å². The van der Waals surface area contributed by atoms with Crippen LogP contribution in [0.4, 0.5) is 0 Å². The maximum absolute atomic E-state index is 2.48. The zero-order chi connectivity index (χ0) is 12.5. The zero-order valence-corrected chi connectivity index (χ0v) is 12.3. The quantitative estimate of drug-likeness (QED) is 0.701. The predicted molar refractivity (Wildman–Crippen MR) is 79.2 cm³/mol. The monoisotopic (exact) mass is 242 g/mol. The van der Waals surface area contributed by atoms with Crippen LogP contribution in [0.15, 0.2) is 53.3 Å². The van der Waals surface area contributed by atoms with Crippen LogP contribution in [0.5, 0.6) is 0 Å². The van der Waals surface area contributed by atoms with Crippen molar-refractivity contribution in [2.45, 2.75) is 33.4 Å². The van der Waals surface area contributed by atoms with E-state index in [0.717, 1.165) is 0 Å². The van der Waals surface area contributed by atoms with E-state index in [9.17, 15) is 0 Å². The number of hydrogen-bond donors (Lipinski definition) is 0. The van der Waals surface area contributed by atoms with Crippen LogP contribution in [-0.4, -0.2) is 8.07 Å². The molecule has 1 heteroatoms. The van der Waals surface area contributed by atoms with Gasteiger partial charge < -0.3 is 0 Å². The number of hydrogen-bond acceptors (Lipinski definition) is 0. The minimum absolute atomic E-state index is 0.652. The molecule has 17 heavy (non-hydrogen) atoms. The molecular formula is C16H22Si. The van der Waals surface area contributed by atoms with Gasteiger partial charge in [0.15, 0.2) is 0 Å². The van der Waals surface area contributed by atoms with Gasteiger partial charge in [-0.05, 0) is 17.9 Å². The van der Waals surface area contributed by atoms with E-state index in [4.69, 9.17) is 0 Å². The number of allylic oxidation sites excluding steroid dienone is 4. The molecule has 2 rings (SSSR count). The van der Waals surface area contributed by atoms with E-state index in [1.807, 2.05) is 0 Å². The van der Waals surface area contributed by atoms with Gasteiger partial charge in [0, 0.05) is 0 Å². The average Bonchev–Trinajstić information content (AvgIpc) is 2.80. The SMILES string of the molecule is CC(C)C1=C([Si](C)(C)c2ccccc2)CC=C1. The number of rotatable bonds is 3. The van der Waals surface area contributed by atoms with E-state index in [1.54, 1.807) is 16.0 Å². The molecule has 1 aromatic carbocycles. The van der Waals surface area contributed by atoms with Gasteiger partial charge >= 0.3 is 0 Å². The lowest BCUT2D eigenvalue weighted by Crippen LogP contribution is -2.44. The van der Waals surface area contributed by atoms with E-state index in [1.165, 1.54) is 6.42 Å². The van der Waals surface area contributed by atoms with Crippen molar-refractivity contribution in [1.82, 2.24) is 0 Å². The topological polar surface area (TPSA) is 0 Å². The first-order valence-corrected chi connectivity index (χ1v) is 9.49. The first-order valence-electron chi connectivity index (χ1n) is 6.49. The van der Waals surface area contributed by atoms with Crippen LogP contribution in [0.1, 0.15) is 20.3 Å². The molecule has 0 nitrogen and oxygen atoms in total. The summed E-state index contributed by atoms with van der Waals surface area (Å²) in [4.78, 5) is 0. The van der Waals surface area contributed by atoms with Crippen molar-refractivity contribution < 1.29 is 0 Å². The largest absolute Gasteiger partial charge is 0.108 e. The van der Waals surface area contributed by atoms with Gasteiger partial charge in [-0.3, -0.25) is 0 Å². The molecule has 1 aliphatic rings. The average molecular weight is 242 g/mol. The second-order valence-corrected chi connectivity index (χ2v) is 10.1. The Morgan fingerprint density at radius 1 is 1.06 bits per heavy atom. The highest BCUT2D eigenvalue weighted by atomic mass is 28.3. The van der Waals surface area contributed by atoms with Gasteiger partial charge in [-0.1, -0.05) is 79.8 Å². The van der Waals surface area contributed by atoms with Crippen molar-refractivity contribution in [3.63, 3.8) is 0 Å². The fraction of sp³-hybridized carbons (Fsp3) is 0.375. The molecule has 0 saturated heterocycles. The molecule has 1 aromatic rings. The molecular weight excluding hydrogens is 220 g/mol. The highest BCUT2D eigenvalue weighted by molar-refractivity contribution is 6.95. The summed E-state index contributed by atoms with van der Waals surface area (Å²) in [5.41, 5.74) is 1.59. The van der Waals surface area contributed by atoms with Gasteiger partial charge in [0.25, 0.3) is 0 Å². The van der Waals surface area contributed by atoms with Crippen LogP contribution < -0.4 is 5.19 Å². The van der Waals surface area contributed by atoms with Gasteiger partial charge in [0.1, 0.15) is 8.07 Å². The van der Waals surface area contributed by atoms with Gasteiger partial charge in [-0.25, -0.2) is 0 Å². The van der Waals surface area contributed by atoms with E-state index in [0.29, 0.717) is 5.92 Å². The molecule has 0 unspecified atom stereocenters. The van der Waals surface area contributed by atoms with Crippen molar-refractivity contribution in [3.05, 3.63) is 53.3 Å². The molecule has 0 heterocycles. The van der Waals surface area contributed by atoms with Crippen molar-refractivity contribution in [1.29, 1.82) is 0 Å². The van der Waals surface area contributed by atoms with Crippen molar-refractivity contribution in [2.75, 3.05) is 0 Å². The number of benzene rings is 1. The van der Waals surface area contributed by atoms with Crippen LogP contribution in [0.2, 0.25) is 13.1 Å². The first-order chi connectivity index (χ1) is 8.03. The Balaban J connectivity index is 2.43. The van der Waals surface area contributed by atoms with E-state index in [-0.39, 0.29) is 0 Å². The zero-order valence-electron chi connectivity index (χ0n) is 11.3. The normalized spacial score (nSPS) is 16.1. The Kier molecular flexibility index (Phi) is 3.39. The van der Waals surface area contributed by atoms with Gasteiger partial charge in [0.2, 0.25) is 0 Å². The van der Waals surface area contributed by atoms with E-state index < -0.39 is 8.07 Å². The lowest BCUT2D eigenvalue weighted by atomic mass is 10.1. The summed E-state index contributed by atoms with van der Waals surface area (Å²) in [6.07, 6.45) is 5.85. The molecule has 0 spiro atoms. The Bertz CT molecular complexity index is 450. The summed E-state index contributed by atoms with van der Waals surface area (Å²) in [6, 6.07) is 11.0. The predicted octanol–water partition coefficient (Wildman–Crippen LogP) is 4.05. The third kappa shape index (κ3) is 2.30. The van der Waals surface area contributed by atoms with Gasteiger partial charge in [-0.15, -0.1) is 0 Å². The summed E-state index contributed by atoms with van der Waals surface area (Å²) in [5.74, 6) is 0.652. The summed E-state index contributed by atoms with van der Waals surface area (Å²) >= 11 is 0. The summed E-state index contributed by atoms with van der Waals surface area (Å²) < 4.78 is 0. The molecule has 0 bridgehead atoms. The van der Waals surface area contributed by atoms with Crippen LogP contribution in [0.3, 0.4) is 0 Å². The summed E-state index contributed by atoms with van der Waals surface area (Å²) in [7, 11) is -1.46. The molecule has 0 amide bonds. The standard InChI is InChI=1S/C16H22Si/c1-13(2)15-11-8-12-16(15)17(3,4)14-9-6-5-7-10-14/h5-11,13H,12H2,1-4H3. The second kappa shape index (κ2) is 4.65. The Labute approximate surface area is 106 Å². The van der Waals surface area contributed by atoms with E-state index in [2.05, 4.69) is 69.4 Å². The van der Waals surface area contributed by atoms with Crippen molar-refractivity contribution >= 4 is 13.3 Å². The van der Waals surface area contributed by atoms with Gasteiger partial charge in [-0.2, -0.15) is 0 Å². The molecule has 0 radical (unpaired) electrons. The fourth-order valence-corrected chi connectivity index (χ4v) is 5.80. The highest BCUT2D eigenvalue weighted by Crippen LogP contribution is 2.32. The second-order valence-electron chi connectivity index (χ2n) is 5.69. The minimum atomic E-state index is -1.46. The molecule has 0 atom stereocenters. The maximum Gasteiger partial charge on any atom is 0.108 e. The maximum atomic E-state index is 2.48. The molecule has 0 aliphatic heterocycles. The molecule has 0 aromatic heterocycles. The first kappa shape index (κ1) is 12.4. The fourth-order valence-electron chi connectivity index (χ4n) is 2.71. The minimum Gasteiger partial charge on any atom is -0.0806 e.